The Bertz CT molecular complexity index is 952. The summed E-state index contributed by atoms with van der Waals surface area (Å²) >= 11 is 0. The Balaban J connectivity index is 2.21. The molecule has 0 spiro atoms. The summed E-state index contributed by atoms with van der Waals surface area (Å²) in [5.41, 5.74) is 0. The van der Waals surface area contributed by atoms with Crippen molar-refractivity contribution in [1.82, 2.24) is 14.7 Å². The first kappa shape index (κ1) is 42.3. The molecule has 0 radical (unpaired) electrons. The normalized spacial score (nSPS) is 18.0. The molecule has 0 saturated heterocycles. The van der Waals surface area contributed by atoms with Crippen LogP contribution in [0.4, 0.5) is 0 Å². The Kier molecular flexibility index (Phi) is 20.3. The summed E-state index contributed by atoms with van der Waals surface area (Å²) in [7, 11) is 0. The number of ether oxygens (including phenoxy) is 2. The molecule has 2 saturated carbocycles. The van der Waals surface area contributed by atoms with Gasteiger partial charge in [0.05, 0.1) is 55.1 Å². The number of hydrogen-bond acceptors (Lipinski definition) is 15. The van der Waals surface area contributed by atoms with E-state index < -0.39 is 61.1 Å². The number of carboxylic acid groups (broad SMARTS) is 5. The van der Waals surface area contributed by atoms with Crippen LogP contribution in [0.1, 0.15) is 90.4 Å². The van der Waals surface area contributed by atoms with Crippen molar-refractivity contribution in [3.05, 3.63) is 0 Å². The lowest BCUT2D eigenvalue weighted by Gasteiger charge is -2.39. The van der Waals surface area contributed by atoms with Gasteiger partial charge in [0.1, 0.15) is 0 Å². The van der Waals surface area contributed by atoms with Crippen molar-refractivity contribution >= 4 is 29.8 Å². The van der Waals surface area contributed by atoms with E-state index in [2.05, 4.69) is 0 Å². The van der Waals surface area contributed by atoms with Gasteiger partial charge in [0, 0.05) is 58.5 Å². The highest BCUT2D eigenvalue weighted by Crippen LogP contribution is 2.25. The molecule has 0 aliphatic heterocycles. The second-order valence-electron chi connectivity index (χ2n) is 13.5. The van der Waals surface area contributed by atoms with E-state index in [9.17, 15) is 49.5 Å². The van der Waals surface area contributed by atoms with Gasteiger partial charge in [-0.3, -0.25) is 14.7 Å². The summed E-state index contributed by atoms with van der Waals surface area (Å²) in [5.74, 6) is -7.14. The summed E-state index contributed by atoms with van der Waals surface area (Å²) in [6, 6.07) is -4.17. The minimum Gasteiger partial charge on any atom is -0.549 e. The van der Waals surface area contributed by atoms with Crippen molar-refractivity contribution in [2.75, 3.05) is 65.7 Å². The number of unbranched alkanes of at least 4 members (excludes halogenated alkanes) is 1. The highest BCUT2D eigenvalue weighted by atomic mass is 16.5. The molecular formula is C34H54N3O12-5. The van der Waals surface area contributed by atoms with Crippen LogP contribution >= 0.6 is 0 Å². The zero-order valence-corrected chi connectivity index (χ0v) is 28.9. The van der Waals surface area contributed by atoms with Gasteiger partial charge in [0.2, 0.25) is 0 Å². The fourth-order valence-electron chi connectivity index (χ4n) is 6.85. The number of aliphatic carboxylic acids is 5. The van der Waals surface area contributed by atoms with E-state index in [0.717, 1.165) is 74.0 Å². The molecule has 15 heteroatoms. The monoisotopic (exact) mass is 696 g/mol. The molecule has 0 unspecified atom stereocenters. The SMILES string of the molecule is CCCC[C@@H](C(=O)[O-])N(CCN(CC(=O)[O-])[C@@H](COCC1CCCCC1)C(=O)[O-])CCN(CC(=O)[O-])[C@@H](COCC1CCCCC1)C(=O)[O-]. The summed E-state index contributed by atoms with van der Waals surface area (Å²) in [5, 5.41) is 60.0. The molecule has 0 aromatic carbocycles. The molecular weight excluding hydrogens is 642 g/mol. The van der Waals surface area contributed by atoms with Gasteiger partial charge in [0.15, 0.2) is 0 Å². The maximum Gasteiger partial charge on any atom is 0.0734 e. The Morgan fingerprint density at radius 2 is 0.939 bits per heavy atom. The maximum absolute atomic E-state index is 12.3. The second kappa shape index (κ2) is 23.5. The summed E-state index contributed by atoms with van der Waals surface area (Å²) < 4.78 is 11.4. The van der Waals surface area contributed by atoms with Gasteiger partial charge in [-0.15, -0.1) is 0 Å². The molecule has 0 amide bonds. The lowest BCUT2D eigenvalue weighted by molar-refractivity contribution is -0.318. The van der Waals surface area contributed by atoms with E-state index in [1.54, 1.807) is 0 Å². The molecule has 0 bridgehead atoms. The minimum absolute atomic E-state index is 0.128. The minimum atomic E-state index is -1.57. The van der Waals surface area contributed by atoms with E-state index in [0.29, 0.717) is 26.1 Å². The number of hydrogen-bond donors (Lipinski definition) is 0. The topological polar surface area (TPSA) is 229 Å². The lowest BCUT2D eigenvalue weighted by atomic mass is 9.90. The third kappa shape index (κ3) is 16.6. The van der Waals surface area contributed by atoms with Crippen LogP contribution in [0.15, 0.2) is 0 Å². The molecule has 2 rings (SSSR count). The Morgan fingerprint density at radius 1 is 0.571 bits per heavy atom. The van der Waals surface area contributed by atoms with Crippen LogP contribution in [0.25, 0.3) is 0 Å². The molecule has 2 aliphatic carbocycles. The van der Waals surface area contributed by atoms with Crippen molar-refractivity contribution in [3.63, 3.8) is 0 Å². The number of nitrogens with zero attached hydrogens (tertiary/aromatic N) is 3. The van der Waals surface area contributed by atoms with Crippen LogP contribution in [-0.2, 0) is 33.4 Å². The van der Waals surface area contributed by atoms with Crippen LogP contribution < -0.4 is 25.5 Å². The van der Waals surface area contributed by atoms with Crippen LogP contribution in [0.2, 0.25) is 0 Å². The first-order valence-corrected chi connectivity index (χ1v) is 17.8. The summed E-state index contributed by atoms with van der Waals surface area (Å²) in [6.07, 6.45) is 11.6. The zero-order chi connectivity index (χ0) is 36.2. The smallest absolute Gasteiger partial charge is 0.0734 e. The van der Waals surface area contributed by atoms with Crippen molar-refractivity contribution in [2.45, 2.75) is 109 Å². The average molecular weight is 697 g/mol. The molecule has 0 N–H and O–H groups in total. The number of rotatable bonds is 27. The highest BCUT2D eigenvalue weighted by Gasteiger charge is 2.28. The van der Waals surface area contributed by atoms with Crippen LogP contribution in [-0.4, -0.2) is 128 Å². The quantitative estimate of drug-likeness (QED) is 0.0800. The van der Waals surface area contributed by atoms with Gasteiger partial charge in [0.25, 0.3) is 0 Å². The van der Waals surface area contributed by atoms with E-state index >= 15 is 0 Å². The molecule has 0 aromatic heterocycles. The number of carbonyl (C=O) groups is 5. The van der Waals surface area contributed by atoms with Gasteiger partial charge < -0.3 is 59.0 Å². The molecule has 0 heterocycles. The van der Waals surface area contributed by atoms with Crippen molar-refractivity contribution in [2.24, 2.45) is 11.8 Å². The van der Waals surface area contributed by atoms with Gasteiger partial charge in [-0.05, 0) is 43.9 Å². The average Bonchev–Trinajstić information content (AvgIpc) is 3.05. The zero-order valence-electron chi connectivity index (χ0n) is 28.9. The van der Waals surface area contributed by atoms with Gasteiger partial charge in [-0.2, -0.15) is 0 Å². The molecule has 3 atom stereocenters. The van der Waals surface area contributed by atoms with Gasteiger partial charge in [-0.25, -0.2) is 0 Å². The van der Waals surface area contributed by atoms with Gasteiger partial charge in [-0.1, -0.05) is 58.3 Å². The predicted molar refractivity (Wildman–Crippen MR) is 165 cm³/mol. The Labute approximate surface area is 289 Å². The number of carboxylic acids is 5. The Morgan fingerprint density at radius 3 is 1.27 bits per heavy atom. The number of carbonyl (C=O) groups excluding carboxylic acids is 5. The predicted octanol–water partition coefficient (Wildman–Crippen LogP) is -3.87. The van der Waals surface area contributed by atoms with Crippen molar-refractivity contribution < 1.29 is 59.0 Å². The Hall–Kier alpha value is -2.85. The first-order valence-electron chi connectivity index (χ1n) is 17.8. The fraction of sp³-hybridized carbons (Fsp3) is 0.853. The third-order valence-corrected chi connectivity index (χ3v) is 9.69. The van der Waals surface area contributed by atoms with Crippen LogP contribution in [0.5, 0.6) is 0 Å². The third-order valence-electron chi connectivity index (χ3n) is 9.69. The molecule has 282 valence electrons. The summed E-state index contributed by atoms with van der Waals surface area (Å²) in [4.78, 5) is 63.5. The van der Waals surface area contributed by atoms with Crippen LogP contribution in [0.3, 0.4) is 0 Å². The molecule has 15 nitrogen and oxygen atoms in total. The summed E-state index contributed by atoms with van der Waals surface area (Å²) in [6.45, 7) is -0.695. The van der Waals surface area contributed by atoms with Crippen molar-refractivity contribution in [3.8, 4) is 0 Å². The second-order valence-corrected chi connectivity index (χ2v) is 13.5. The maximum atomic E-state index is 12.3. The van der Waals surface area contributed by atoms with E-state index in [-0.39, 0.29) is 57.6 Å². The fourth-order valence-corrected chi connectivity index (χ4v) is 6.85. The standard InChI is InChI=1S/C34H59N3O12/c1-2-3-14-27(32(42)43)35(15-17-36(19-30(38)39)28(33(44)45)23-48-21-25-10-6-4-7-11-25)16-18-37(20-31(40)41)29(34(46)47)24-49-22-26-12-8-5-9-13-26/h25-29H,2-24H2,1H3,(H,38,39)(H,40,41)(H,42,43)(H,44,45)(H,46,47)/p-5/t27-,28-,29-/m0/s1. The van der Waals surface area contributed by atoms with E-state index in [1.165, 1.54) is 4.90 Å². The van der Waals surface area contributed by atoms with Crippen molar-refractivity contribution in [1.29, 1.82) is 0 Å². The molecule has 2 fully saturated rings. The first-order chi connectivity index (χ1) is 23.4. The highest BCUT2D eigenvalue weighted by molar-refractivity contribution is 5.74. The lowest BCUT2D eigenvalue weighted by Crippen LogP contribution is -2.59. The molecule has 49 heavy (non-hydrogen) atoms. The largest absolute Gasteiger partial charge is 0.549 e. The van der Waals surface area contributed by atoms with Crippen LogP contribution in [0, 0.1) is 11.8 Å². The van der Waals surface area contributed by atoms with Gasteiger partial charge >= 0.3 is 0 Å². The van der Waals surface area contributed by atoms with E-state index in [4.69, 9.17) is 9.47 Å². The molecule has 2 aliphatic rings. The molecule has 0 aromatic rings. The van der Waals surface area contributed by atoms with E-state index in [1.807, 2.05) is 6.92 Å².